The molecule has 1 aromatic rings. The molecule has 2 rings (SSSR count). The quantitative estimate of drug-likeness (QED) is 0.624. The maximum Gasteiger partial charge on any atom is 0.169 e. The lowest BCUT2D eigenvalue weighted by Gasteiger charge is -2.28. The molecule has 0 bridgehead atoms. The zero-order chi connectivity index (χ0) is 10.1. The van der Waals surface area contributed by atoms with Crippen molar-refractivity contribution in [1.29, 1.82) is 0 Å². The number of nitrogens with zero attached hydrogens (tertiary/aromatic N) is 3. The Labute approximate surface area is 88.9 Å². The number of rotatable bonds is 0. The van der Waals surface area contributed by atoms with Crippen LogP contribution in [-0.4, -0.2) is 33.2 Å². The van der Waals surface area contributed by atoms with Gasteiger partial charge in [-0.1, -0.05) is 0 Å². The zero-order valence-electron chi connectivity index (χ0n) is 8.45. The number of imidazole rings is 1. The van der Waals surface area contributed by atoms with Crippen LogP contribution in [0.25, 0.3) is 0 Å². The fourth-order valence-corrected chi connectivity index (χ4v) is 1.90. The summed E-state index contributed by atoms with van der Waals surface area (Å²) in [6, 6.07) is 0. The Hall–Kier alpha value is -1.10. The summed E-state index contributed by atoms with van der Waals surface area (Å²) in [5, 5.41) is 3.82. The molecular formula is C9H14N4S. The molecule has 0 spiro atoms. The molecule has 0 atom stereocenters. The highest BCUT2D eigenvalue weighted by atomic mass is 32.1. The lowest BCUT2D eigenvalue weighted by Crippen LogP contribution is -2.41. The molecular weight excluding hydrogens is 196 g/mol. The molecule has 14 heavy (non-hydrogen) atoms. The van der Waals surface area contributed by atoms with E-state index in [1.54, 1.807) is 0 Å². The van der Waals surface area contributed by atoms with E-state index in [0.29, 0.717) is 0 Å². The molecule has 0 aliphatic carbocycles. The van der Waals surface area contributed by atoms with Crippen LogP contribution >= 0.6 is 12.2 Å². The fourth-order valence-electron chi connectivity index (χ4n) is 1.75. The largest absolute Gasteiger partial charge is 0.366 e. The number of hydrogen-bond acceptors (Lipinski definition) is 2. The number of hydrogen-bond donors (Lipinski definition) is 1. The van der Waals surface area contributed by atoms with Gasteiger partial charge in [-0.15, -0.1) is 0 Å². The third-order valence-electron chi connectivity index (χ3n) is 2.61. The van der Waals surface area contributed by atoms with Crippen LogP contribution in [0.2, 0.25) is 0 Å². The summed E-state index contributed by atoms with van der Waals surface area (Å²) in [4.78, 5) is 6.51. The van der Waals surface area contributed by atoms with E-state index < -0.39 is 0 Å². The SMILES string of the molecule is CNC(=S)N1CCc2ncn(C)c2C1. The highest BCUT2D eigenvalue weighted by Gasteiger charge is 2.20. The topological polar surface area (TPSA) is 33.1 Å². The molecule has 0 fully saturated rings. The first kappa shape index (κ1) is 9.45. The number of thiocarbonyl (C=S) groups is 1. The normalized spacial score (nSPS) is 15.1. The van der Waals surface area contributed by atoms with Crippen LogP contribution in [-0.2, 0) is 20.0 Å². The Morgan fingerprint density at radius 2 is 2.43 bits per heavy atom. The molecule has 1 aliphatic rings. The van der Waals surface area contributed by atoms with Gasteiger partial charge in [0, 0.05) is 27.1 Å². The maximum atomic E-state index is 5.21. The average molecular weight is 210 g/mol. The van der Waals surface area contributed by atoms with Crippen LogP contribution in [0.15, 0.2) is 6.33 Å². The third-order valence-corrected chi connectivity index (χ3v) is 3.07. The van der Waals surface area contributed by atoms with Crippen molar-refractivity contribution in [2.45, 2.75) is 13.0 Å². The van der Waals surface area contributed by atoms with Gasteiger partial charge in [0.1, 0.15) is 0 Å². The molecule has 1 aromatic heterocycles. The van der Waals surface area contributed by atoms with E-state index in [-0.39, 0.29) is 0 Å². The summed E-state index contributed by atoms with van der Waals surface area (Å²) >= 11 is 5.21. The minimum atomic E-state index is 0.817. The van der Waals surface area contributed by atoms with Gasteiger partial charge in [-0.3, -0.25) is 0 Å². The first-order chi connectivity index (χ1) is 6.72. The Kier molecular flexibility index (Phi) is 2.41. The molecule has 0 saturated heterocycles. The summed E-state index contributed by atoms with van der Waals surface area (Å²) < 4.78 is 2.07. The molecule has 1 N–H and O–H groups in total. The van der Waals surface area contributed by atoms with Crippen LogP contribution in [0.3, 0.4) is 0 Å². The van der Waals surface area contributed by atoms with Crippen molar-refractivity contribution >= 4 is 17.3 Å². The van der Waals surface area contributed by atoms with Gasteiger partial charge in [0.2, 0.25) is 0 Å². The summed E-state index contributed by atoms with van der Waals surface area (Å²) in [5.74, 6) is 0. The fraction of sp³-hybridized carbons (Fsp3) is 0.556. The minimum absolute atomic E-state index is 0.817. The zero-order valence-corrected chi connectivity index (χ0v) is 9.27. The van der Waals surface area contributed by atoms with E-state index in [4.69, 9.17) is 12.2 Å². The first-order valence-corrected chi connectivity index (χ1v) is 5.09. The predicted octanol–water partition coefficient (Wildman–Crippen LogP) is 0.282. The number of fused-ring (bicyclic) bond motifs is 1. The molecule has 4 nitrogen and oxygen atoms in total. The van der Waals surface area contributed by atoms with Gasteiger partial charge in [0.15, 0.2) is 5.11 Å². The van der Waals surface area contributed by atoms with E-state index in [2.05, 4.69) is 19.8 Å². The van der Waals surface area contributed by atoms with Crippen molar-refractivity contribution in [3.63, 3.8) is 0 Å². The van der Waals surface area contributed by atoms with Gasteiger partial charge in [-0.2, -0.15) is 0 Å². The number of nitrogens with one attached hydrogen (secondary N) is 1. The van der Waals surface area contributed by atoms with Crippen LogP contribution < -0.4 is 5.32 Å². The molecule has 0 amide bonds. The van der Waals surface area contributed by atoms with Crippen molar-refractivity contribution in [2.24, 2.45) is 7.05 Å². The van der Waals surface area contributed by atoms with Crippen molar-refractivity contribution in [3.05, 3.63) is 17.7 Å². The van der Waals surface area contributed by atoms with Gasteiger partial charge in [0.25, 0.3) is 0 Å². The number of aryl methyl sites for hydroxylation is 1. The van der Waals surface area contributed by atoms with E-state index in [1.807, 2.05) is 20.4 Å². The molecule has 76 valence electrons. The molecule has 0 radical (unpaired) electrons. The Balaban J connectivity index is 2.20. The molecule has 5 heteroatoms. The average Bonchev–Trinajstić information content (AvgIpc) is 2.59. The van der Waals surface area contributed by atoms with Crippen molar-refractivity contribution < 1.29 is 0 Å². The molecule has 0 aromatic carbocycles. The second-order valence-electron chi connectivity index (χ2n) is 3.48. The summed E-state index contributed by atoms with van der Waals surface area (Å²) in [7, 11) is 3.89. The van der Waals surface area contributed by atoms with Gasteiger partial charge >= 0.3 is 0 Å². The summed E-state index contributed by atoms with van der Waals surface area (Å²) in [6.45, 7) is 1.83. The second-order valence-corrected chi connectivity index (χ2v) is 3.86. The summed E-state index contributed by atoms with van der Waals surface area (Å²) in [5.41, 5.74) is 2.48. The van der Waals surface area contributed by atoms with Crippen molar-refractivity contribution in [2.75, 3.05) is 13.6 Å². The second kappa shape index (κ2) is 3.57. The maximum absolute atomic E-state index is 5.21. The van der Waals surface area contributed by atoms with Crippen LogP contribution in [0, 0.1) is 0 Å². The van der Waals surface area contributed by atoms with E-state index in [0.717, 1.165) is 24.6 Å². The van der Waals surface area contributed by atoms with Crippen LogP contribution in [0.5, 0.6) is 0 Å². The monoisotopic (exact) mass is 210 g/mol. The van der Waals surface area contributed by atoms with Crippen LogP contribution in [0.1, 0.15) is 11.4 Å². The van der Waals surface area contributed by atoms with E-state index in [1.165, 1.54) is 11.4 Å². The molecule has 0 unspecified atom stereocenters. The minimum Gasteiger partial charge on any atom is -0.366 e. The lowest BCUT2D eigenvalue weighted by molar-refractivity contribution is 0.377. The number of aromatic nitrogens is 2. The lowest BCUT2D eigenvalue weighted by atomic mass is 10.1. The van der Waals surface area contributed by atoms with E-state index >= 15 is 0 Å². The smallest absolute Gasteiger partial charge is 0.169 e. The van der Waals surface area contributed by atoms with E-state index in [9.17, 15) is 0 Å². The Morgan fingerprint density at radius 1 is 1.64 bits per heavy atom. The summed E-state index contributed by atoms with van der Waals surface area (Å²) in [6.07, 6.45) is 2.86. The van der Waals surface area contributed by atoms with Gasteiger partial charge in [-0.05, 0) is 12.2 Å². The first-order valence-electron chi connectivity index (χ1n) is 4.68. The highest BCUT2D eigenvalue weighted by Crippen LogP contribution is 2.16. The van der Waals surface area contributed by atoms with Gasteiger partial charge in [0.05, 0.1) is 24.3 Å². The molecule has 0 saturated carbocycles. The predicted molar refractivity (Wildman–Crippen MR) is 59.0 cm³/mol. The Bertz CT molecular complexity index is 358. The highest BCUT2D eigenvalue weighted by molar-refractivity contribution is 7.80. The molecule has 1 aliphatic heterocycles. The van der Waals surface area contributed by atoms with Crippen molar-refractivity contribution in [1.82, 2.24) is 19.8 Å². The molecule has 2 heterocycles. The standard InChI is InChI=1S/C9H14N4S/c1-10-9(14)13-4-3-7-8(5-13)12(2)6-11-7/h6H,3-5H2,1-2H3,(H,10,14). The third kappa shape index (κ3) is 1.48. The van der Waals surface area contributed by atoms with Crippen LogP contribution in [0.4, 0.5) is 0 Å². The Morgan fingerprint density at radius 3 is 3.14 bits per heavy atom. The van der Waals surface area contributed by atoms with Gasteiger partial charge in [-0.25, -0.2) is 4.98 Å². The van der Waals surface area contributed by atoms with Gasteiger partial charge < -0.3 is 14.8 Å². The van der Waals surface area contributed by atoms with Crippen molar-refractivity contribution in [3.8, 4) is 0 Å².